The SMILES string of the molecule is CCCCCCCCCCCCCCCCC[CH][Si](CC)(CC)CC. The van der Waals surface area contributed by atoms with Crippen molar-refractivity contribution in [1.29, 1.82) is 0 Å². The Kier molecular flexibility index (Phi) is 19.2. The Balaban J connectivity index is 3.21. The van der Waals surface area contributed by atoms with Gasteiger partial charge in [0.25, 0.3) is 0 Å². The molecule has 151 valence electrons. The van der Waals surface area contributed by atoms with E-state index in [2.05, 4.69) is 33.7 Å². The molecule has 0 saturated heterocycles. The zero-order valence-electron chi connectivity index (χ0n) is 18.5. The number of hydrogen-bond acceptors (Lipinski definition) is 0. The third-order valence-electron chi connectivity index (χ3n) is 6.50. The summed E-state index contributed by atoms with van der Waals surface area (Å²) in [6.45, 7) is 9.56. The molecule has 1 radical (unpaired) electrons. The van der Waals surface area contributed by atoms with E-state index in [1.165, 1.54) is 121 Å². The van der Waals surface area contributed by atoms with E-state index in [9.17, 15) is 0 Å². The summed E-state index contributed by atoms with van der Waals surface area (Å²) in [6.07, 6.45) is 23.4. The van der Waals surface area contributed by atoms with Crippen LogP contribution in [0.1, 0.15) is 130 Å². The summed E-state index contributed by atoms with van der Waals surface area (Å²) in [5.74, 6) is 0. The molecule has 0 aromatic rings. The Labute approximate surface area is 163 Å². The van der Waals surface area contributed by atoms with Gasteiger partial charge in [-0.1, -0.05) is 149 Å². The van der Waals surface area contributed by atoms with Crippen LogP contribution >= 0.6 is 0 Å². The average Bonchev–Trinajstić information content (AvgIpc) is 2.65. The summed E-state index contributed by atoms with van der Waals surface area (Å²) >= 11 is 0. The van der Waals surface area contributed by atoms with Crippen LogP contribution in [-0.4, -0.2) is 8.07 Å². The highest BCUT2D eigenvalue weighted by molar-refractivity contribution is 6.82. The molecule has 0 N–H and O–H groups in total. The van der Waals surface area contributed by atoms with Crippen molar-refractivity contribution in [3.8, 4) is 0 Å². The van der Waals surface area contributed by atoms with Crippen LogP contribution in [0.25, 0.3) is 0 Å². The van der Waals surface area contributed by atoms with Crippen molar-refractivity contribution >= 4 is 8.07 Å². The van der Waals surface area contributed by atoms with E-state index >= 15 is 0 Å². The van der Waals surface area contributed by atoms with Crippen molar-refractivity contribution in [1.82, 2.24) is 0 Å². The van der Waals surface area contributed by atoms with Crippen molar-refractivity contribution < 1.29 is 0 Å². The van der Waals surface area contributed by atoms with E-state index in [0.29, 0.717) is 0 Å². The van der Waals surface area contributed by atoms with Gasteiger partial charge in [0.15, 0.2) is 0 Å². The minimum atomic E-state index is -0.950. The van der Waals surface area contributed by atoms with Crippen molar-refractivity contribution in [2.75, 3.05) is 0 Å². The predicted octanol–water partition coefficient (Wildman–Crippen LogP) is 9.50. The molecule has 0 saturated carbocycles. The molecule has 0 heterocycles. The Morgan fingerprint density at radius 1 is 0.440 bits per heavy atom. The summed E-state index contributed by atoms with van der Waals surface area (Å²) in [6, 6.07) is 7.16. The Morgan fingerprint density at radius 2 is 0.760 bits per heavy atom. The average molecular weight is 368 g/mol. The van der Waals surface area contributed by atoms with Gasteiger partial charge >= 0.3 is 0 Å². The maximum absolute atomic E-state index is 2.79. The molecule has 25 heavy (non-hydrogen) atoms. The Bertz CT molecular complexity index is 236. The normalized spacial score (nSPS) is 12.0. The van der Waals surface area contributed by atoms with Crippen molar-refractivity contribution in [2.45, 2.75) is 149 Å². The van der Waals surface area contributed by atoms with Gasteiger partial charge < -0.3 is 0 Å². The smallest absolute Gasteiger partial charge is 0.0558 e. The third kappa shape index (κ3) is 15.0. The monoisotopic (exact) mass is 367 g/mol. The fraction of sp³-hybridized carbons (Fsp3) is 0.958. The summed E-state index contributed by atoms with van der Waals surface area (Å²) in [5, 5.41) is 0. The zero-order chi connectivity index (χ0) is 18.6. The Hall–Kier alpha value is 0.217. The van der Waals surface area contributed by atoms with E-state index in [0.717, 1.165) is 0 Å². The largest absolute Gasteiger partial charge is 0.0678 e. The van der Waals surface area contributed by atoms with Crippen LogP contribution in [0.3, 0.4) is 0 Å². The highest BCUT2D eigenvalue weighted by Gasteiger charge is 2.25. The van der Waals surface area contributed by atoms with Gasteiger partial charge in [0, 0.05) is 0 Å². The first-order valence-electron chi connectivity index (χ1n) is 12.1. The topological polar surface area (TPSA) is 0 Å². The second-order valence-electron chi connectivity index (χ2n) is 8.37. The van der Waals surface area contributed by atoms with Crippen molar-refractivity contribution in [3.63, 3.8) is 0 Å². The van der Waals surface area contributed by atoms with Crippen molar-refractivity contribution in [3.05, 3.63) is 6.04 Å². The van der Waals surface area contributed by atoms with Gasteiger partial charge in [0.1, 0.15) is 0 Å². The molecule has 0 aromatic heterocycles. The molecule has 0 spiro atoms. The van der Waals surface area contributed by atoms with Gasteiger partial charge in [-0.15, -0.1) is 0 Å². The lowest BCUT2D eigenvalue weighted by molar-refractivity contribution is 0.532. The maximum atomic E-state index is 2.79. The quantitative estimate of drug-likeness (QED) is 0.148. The van der Waals surface area contributed by atoms with Gasteiger partial charge in [0.2, 0.25) is 0 Å². The van der Waals surface area contributed by atoms with E-state index < -0.39 is 8.07 Å². The fourth-order valence-corrected chi connectivity index (χ4v) is 7.29. The van der Waals surface area contributed by atoms with Crippen LogP contribution in [0.4, 0.5) is 0 Å². The minimum absolute atomic E-state index is 0.950. The fourth-order valence-electron chi connectivity index (χ4n) is 4.11. The lowest BCUT2D eigenvalue weighted by Crippen LogP contribution is -2.32. The van der Waals surface area contributed by atoms with Crippen LogP contribution in [0.2, 0.25) is 18.1 Å². The molecule has 0 aliphatic rings. The first kappa shape index (κ1) is 25.2. The molecule has 0 amide bonds. The first-order chi connectivity index (χ1) is 12.2. The second-order valence-corrected chi connectivity index (χ2v) is 13.6. The molecular weight excluding hydrogens is 316 g/mol. The highest BCUT2D eigenvalue weighted by atomic mass is 28.3. The van der Waals surface area contributed by atoms with E-state index in [4.69, 9.17) is 0 Å². The summed E-state index contributed by atoms with van der Waals surface area (Å²) in [4.78, 5) is 0. The van der Waals surface area contributed by atoms with Gasteiger partial charge in [-0.05, 0) is 6.04 Å². The maximum Gasteiger partial charge on any atom is 0.0558 e. The van der Waals surface area contributed by atoms with E-state index in [1.54, 1.807) is 0 Å². The van der Waals surface area contributed by atoms with E-state index in [1.807, 2.05) is 0 Å². The molecule has 0 rings (SSSR count). The third-order valence-corrected chi connectivity index (χ3v) is 11.9. The van der Waals surface area contributed by atoms with Crippen molar-refractivity contribution in [2.24, 2.45) is 0 Å². The van der Waals surface area contributed by atoms with Crippen LogP contribution in [0.5, 0.6) is 0 Å². The molecule has 0 nitrogen and oxygen atoms in total. The van der Waals surface area contributed by atoms with Crippen LogP contribution in [-0.2, 0) is 0 Å². The Morgan fingerprint density at radius 3 is 1.08 bits per heavy atom. The van der Waals surface area contributed by atoms with Gasteiger partial charge in [-0.3, -0.25) is 0 Å². The van der Waals surface area contributed by atoms with E-state index in [-0.39, 0.29) is 0 Å². The molecule has 0 aromatic carbocycles. The molecule has 0 fully saturated rings. The minimum Gasteiger partial charge on any atom is -0.0678 e. The zero-order valence-corrected chi connectivity index (χ0v) is 19.5. The number of unbranched alkanes of at least 4 members (excludes halogenated alkanes) is 15. The number of rotatable bonds is 20. The molecule has 0 bridgehead atoms. The summed E-state index contributed by atoms with van der Waals surface area (Å²) in [7, 11) is -0.950. The van der Waals surface area contributed by atoms with Crippen LogP contribution in [0, 0.1) is 6.04 Å². The molecular formula is C24H51Si. The molecule has 0 aliphatic carbocycles. The van der Waals surface area contributed by atoms with Gasteiger partial charge in [-0.25, -0.2) is 0 Å². The first-order valence-corrected chi connectivity index (χ1v) is 14.8. The standard InChI is InChI=1S/C24H51Si/c1-5-9-10-11-12-13-14-15-16-17-18-19-20-21-22-23-24-25(6-2,7-3)8-4/h24H,5-23H2,1-4H3. The lowest BCUT2D eigenvalue weighted by atomic mass is 10.0. The summed E-state index contributed by atoms with van der Waals surface area (Å²) in [5.41, 5.74) is 0. The van der Waals surface area contributed by atoms with Crippen LogP contribution in [0.15, 0.2) is 0 Å². The second kappa shape index (κ2) is 19.0. The molecule has 0 unspecified atom stereocenters. The molecule has 0 atom stereocenters. The predicted molar refractivity (Wildman–Crippen MR) is 121 cm³/mol. The highest BCUT2D eigenvalue weighted by Crippen LogP contribution is 2.25. The summed E-state index contributed by atoms with van der Waals surface area (Å²) < 4.78 is 0. The number of hydrogen-bond donors (Lipinski definition) is 0. The van der Waals surface area contributed by atoms with Gasteiger partial charge in [0.05, 0.1) is 8.07 Å². The lowest BCUT2D eigenvalue weighted by Gasteiger charge is -2.27. The van der Waals surface area contributed by atoms with Crippen LogP contribution < -0.4 is 0 Å². The van der Waals surface area contributed by atoms with Gasteiger partial charge in [-0.2, -0.15) is 0 Å². The molecule has 0 aliphatic heterocycles. The molecule has 1 heteroatoms.